The number of carbonyl (C=O) groups is 1. The molecular weight excluding hydrogens is 338 g/mol. The van der Waals surface area contributed by atoms with E-state index in [9.17, 15) is 4.79 Å². The van der Waals surface area contributed by atoms with Gasteiger partial charge in [-0.05, 0) is 24.1 Å². The van der Waals surface area contributed by atoms with Crippen molar-refractivity contribution >= 4 is 23.4 Å². The molecular formula is C19H18ClN3O2. The van der Waals surface area contributed by atoms with Crippen LogP contribution in [0.4, 0.5) is 10.5 Å². The topological polar surface area (TPSA) is 67.0 Å². The van der Waals surface area contributed by atoms with Gasteiger partial charge in [-0.2, -0.15) is 5.10 Å². The van der Waals surface area contributed by atoms with Crippen molar-refractivity contribution in [2.45, 2.75) is 20.0 Å². The van der Waals surface area contributed by atoms with Gasteiger partial charge >= 0.3 is 6.09 Å². The first-order valence-electron chi connectivity index (χ1n) is 7.98. The summed E-state index contributed by atoms with van der Waals surface area (Å²) in [6, 6.07) is 16.9. The smallest absolute Gasteiger partial charge is 0.412 e. The Hall–Kier alpha value is -2.79. The molecule has 1 amide bonds. The van der Waals surface area contributed by atoms with Crippen molar-refractivity contribution in [3.63, 3.8) is 0 Å². The largest absolute Gasteiger partial charge is 0.444 e. The summed E-state index contributed by atoms with van der Waals surface area (Å²) in [6.45, 7) is 2.19. The van der Waals surface area contributed by atoms with Crippen LogP contribution in [0.15, 0.2) is 54.6 Å². The van der Waals surface area contributed by atoms with Crippen molar-refractivity contribution < 1.29 is 9.53 Å². The summed E-state index contributed by atoms with van der Waals surface area (Å²) < 4.78 is 5.30. The Morgan fingerprint density at radius 2 is 2.00 bits per heavy atom. The molecule has 2 N–H and O–H groups in total. The van der Waals surface area contributed by atoms with Gasteiger partial charge in [0.15, 0.2) is 0 Å². The van der Waals surface area contributed by atoms with Crippen molar-refractivity contribution in [2.24, 2.45) is 0 Å². The van der Waals surface area contributed by atoms with E-state index in [1.807, 2.05) is 49.4 Å². The van der Waals surface area contributed by atoms with Crippen LogP contribution in [0.1, 0.15) is 18.2 Å². The van der Waals surface area contributed by atoms with Gasteiger partial charge in [-0.3, -0.25) is 10.4 Å². The van der Waals surface area contributed by atoms with Crippen molar-refractivity contribution in [1.29, 1.82) is 0 Å². The van der Waals surface area contributed by atoms with E-state index in [4.69, 9.17) is 16.3 Å². The van der Waals surface area contributed by atoms with Crippen LogP contribution >= 0.6 is 11.6 Å². The number of hydrogen-bond acceptors (Lipinski definition) is 3. The SMILES string of the molecule is CCc1[nH]nc(-c2cccc(Cl)c2)c1NC(=O)OCc1ccccc1. The van der Waals surface area contributed by atoms with Crippen LogP contribution in [-0.4, -0.2) is 16.3 Å². The van der Waals surface area contributed by atoms with E-state index in [0.29, 0.717) is 22.8 Å². The summed E-state index contributed by atoms with van der Waals surface area (Å²) >= 11 is 6.06. The van der Waals surface area contributed by atoms with Crippen molar-refractivity contribution in [3.8, 4) is 11.3 Å². The Labute approximate surface area is 151 Å². The average Bonchev–Trinajstić information content (AvgIpc) is 3.03. The molecule has 0 saturated carbocycles. The quantitative estimate of drug-likeness (QED) is 0.673. The van der Waals surface area contributed by atoms with E-state index < -0.39 is 6.09 Å². The standard InChI is InChI=1S/C19H18ClN3O2/c1-2-16-18(17(23-22-16)14-9-6-10-15(20)11-14)21-19(24)25-12-13-7-4-3-5-8-13/h3-11H,2,12H2,1H3,(H,21,24)(H,22,23). The van der Waals surface area contributed by atoms with E-state index >= 15 is 0 Å². The molecule has 0 saturated heterocycles. The number of nitrogens with zero attached hydrogens (tertiary/aromatic N) is 1. The van der Waals surface area contributed by atoms with Gasteiger partial charge in [0.1, 0.15) is 12.3 Å². The van der Waals surface area contributed by atoms with Crippen LogP contribution in [-0.2, 0) is 17.8 Å². The van der Waals surface area contributed by atoms with Gasteiger partial charge in [-0.25, -0.2) is 4.79 Å². The second-order valence-electron chi connectivity index (χ2n) is 5.48. The van der Waals surface area contributed by atoms with E-state index in [0.717, 1.165) is 16.8 Å². The number of hydrogen-bond donors (Lipinski definition) is 2. The number of ether oxygens (including phenoxy) is 1. The molecule has 0 aliphatic heterocycles. The predicted octanol–water partition coefficient (Wildman–Crippen LogP) is 5.04. The molecule has 1 heterocycles. The van der Waals surface area contributed by atoms with Crippen molar-refractivity contribution in [2.75, 3.05) is 5.32 Å². The van der Waals surface area contributed by atoms with Crippen LogP contribution in [0.2, 0.25) is 5.02 Å². The molecule has 0 bridgehead atoms. The molecule has 0 fully saturated rings. The first kappa shape index (κ1) is 17.0. The Kier molecular flexibility index (Phi) is 5.36. The average molecular weight is 356 g/mol. The lowest BCUT2D eigenvalue weighted by Gasteiger charge is -2.09. The minimum atomic E-state index is -0.525. The van der Waals surface area contributed by atoms with Gasteiger partial charge in [0.05, 0.1) is 11.4 Å². The lowest BCUT2D eigenvalue weighted by atomic mass is 10.1. The number of halogens is 1. The highest BCUT2D eigenvalue weighted by Crippen LogP contribution is 2.30. The van der Waals surface area contributed by atoms with Crippen LogP contribution in [0.3, 0.4) is 0 Å². The third-order valence-electron chi connectivity index (χ3n) is 3.73. The number of carbonyl (C=O) groups excluding carboxylic acids is 1. The number of anilines is 1. The molecule has 128 valence electrons. The normalized spacial score (nSPS) is 10.5. The highest BCUT2D eigenvalue weighted by atomic mass is 35.5. The Bertz CT molecular complexity index is 862. The molecule has 6 heteroatoms. The minimum Gasteiger partial charge on any atom is -0.444 e. The highest BCUT2D eigenvalue weighted by molar-refractivity contribution is 6.30. The molecule has 5 nitrogen and oxygen atoms in total. The number of rotatable bonds is 5. The fourth-order valence-corrected chi connectivity index (χ4v) is 2.66. The summed E-state index contributed by atoms with van der Waals surface area (Å²) in [6.07, 6.45) is 0.172. The maximum Gasteiger partial charge on any atom is 0.412 e. The number of amides is 1. The van der Waals surface area contributed by atoms with Gasteiger partial charge in [-0.15, -0.1) is 0 Å². The van der Waals surface area contributed by atoms with E-state index in [2.05, 4.69) is 15.5 Å². The van der Waals surface area contributed by atoms with Crippen LogP contribution < -0.4 is 5.32 Å². The number of aromatic nitrogens is 2. The Balaban J connectivity index is 1.77. The molecule has 3 rings (SSSR count). The van der Waals surface area contributed by atoms with Gasteiger partial charge in [-0.1, -0.05) is 61.0 Å². The van der Waals surface area contributed by atoms with Gasteiger partial charge in [0.25, 0.3) is 0 Å². The van der Waals surface area contributed by atoms with Crippen molar-refractivity contribution in [3.05, 3.63) is 70.9 Å². The van der Waals surface area contributed by atoms with E-state index in [1.54, 1.807) is 12.1 Å². The molecule has 1 aromatic heterocycles. The van der Waals surface area contributed by atoms with Crippen LogP contribution in [0.25, 0.3) is 11.3 Å². The molecule has 0 aliphatic carbocycles. The zero-order valence-corrected chi connectivity index (χ0v) is 14.5. The fourth-order valence-electron chi connectivity index (χ4n) is 2.47. The third-order valence-corrected chi connectivity index (χ3v) is 3.97. The summed E-state index contributed by atoms with van der Waals surface area (Å²) in [5.41, 5.74) is 3.82. The summed E-state index contributed by atoms with van der Waals surface area (Å²) in [4.78, 5) is 12.2. The lowest BCUT2D eigenvalue weighted by Crippen LogP contribution is -2.14. The summed E-state index contributed by atoms with van der Waals surface area (Å²) in [5, 5.41) is 10.7. The van der Waals surface area contributed by atoms with E-state index in [-0.39, 0.29) is 6.61 Å². The predicted molar refractivity (Wildman–Crippen MR) is 98.7 cm³/mol. The van der Waals surface area contributed by atoms with Gasteiger partial charge in [0.2, 0.25) is 0 Å². The molecule has 3 aromatic rings. The molecule has 0 spiro atoms. The van der Waals surface area contributed by atoms with Crippen LogP contribution in [0, 0.1) is 0 Å². The fraction of sp³-hybridized carbons (Fsp3) is 0.158. The third kappa shape index (κ3) is 4.19. The summed E-state index contributed by atoms with van der Waals surface area (Å²) in [7, 11) is 0. The number of aryl methyl sites for hydroxylation is 1. The zero-order valence-electron chi connectivity index (χ0n) is 13.8. The molecule has 0 atom stereocenters. The van der Waals surface area contributed by atoms with Gasteiger partial charge < -0.3 is 4.74 Å². The van der Waals surface area contributed by atoms with Crippen LogP contribution in [0.5, 0.6) is 0 Å². The maximum atomic E-state index is 12.2. The molecule has 0 aliphatic rings. The number of H-pyrrole nitrogens is 1. The minimum absolute atomic E-state index is 0.207. The Morgan fingerprint density at radius 3 is 2.72 bits per heavy atom. The number of aromatic amines is 1. The Morgan fingerprint density at radius 1 is 1.20 bits per heavy atom. The molecule has 2 aromatic carbocycles. The first-order chi connectivity index (χ1) is 12.2. The molecule has 25 heavy (non-hydrogen) atoms. The highest BCUT2D eigenvalue weighted by Gasteiger charge is 2.17. The number of nitrogens with one attached hydrogen (secondary N) is 2. The molecule has 0 radical (unpaired) electrons. The first-order valence-corrected chi connectivity index (χ1v) is 8.36. The second kappa shape index (κ2) is 7.85. The van der Waals surface area contributed by atoms with Crippen molar-refractivity contribution in [1.82, 2.24) is 10.2 Å². The number of benzene rings is 2. The molecule has 0 unspecified atom stereocenters. The summed E-state index contributed by atoms with van der Waals surface area (Å²) in [5.74, 6) is 0. The lowest BCUT2D eigenvalue weighted by molar-refractivity contribution is 0.155. The second-order valence-corrected chi connectivity index (χ2v) is 5.91. The monoisotopic (exact) mass is 355 g/mol. The van der Waals surface area contributed by atoms with E-state index in [1.165, 1.54) is 0 Å². The zero-order chi connectivity index (χ0) is 17.6. The maximum absolute atomic E-state index is 12.2. The van der Waals surface area contributed by atoms with Gasteiger partial charge in [0, 0.05) is 10.6 Å².